The van der Waals surface area contributed by atoms with Crippen molar-refractivity contribution in [2.45, 2.75) is 84.0 Å². The van der Waals surface area contributed by atoms with E-state index in [9.17, 15) is 38.9 Å². The average molecular weight is 785 g/mol. The number of hydrogen-bond donors (Lipinski definition) is 2. The van der Waals surface area contributed by atoms with Crippen LogP contribution in [0.15, 0.2) is 35.2 Å². The van der Waals surface area contributed by atoms with E-state index in [0.717, 1.165) is 5.56 Å². The summed E-state index contributed by atoms with van der Waals surface area (Å²) in [5, 5.41) is 0. The van der Waals surface area contributed by atoms with E-state index >= 15 is 0 Å². The van der Waals surface area contributed by atoms with E-state index in [0.29, 0.717) is 37.6 Å². The molecule has 19 heteroatoms. The first-order chi connectivity index (χ1) is 22.5. The Hall–Kier alpha value is -0.670. The van der Waals surface area contributed by atoms with E-state index in [1.165, 1.54) is 18.2 Å². The van der Waals surface area contributed by atoms with Crippen molar-refractivity contribution < 1.29 is 128 Å². The molecule has 2 N–H and O–H groups in total. The smallest absolute Gasteiger partial charge is 0.744 e. The van der Waals surface area contributed by atoms with Crippen molar-refractivity contribution in [2.75, 3.05) is 0 Å². The SMILES string of the molecule is CCCC1=C(S(=O)(=O)[O-])c2nc1ccc1[nH]c(c3nc(ccc4[nH]c2cc4CCC)C(CCC)=C3S(=O)(=O)[O-])c(S(=O)(=O)[O-])c1CCC.[Na+].[Na+].[Na+]. The predicted molar refractivity (Wildman–Crippen MR) is 180 cm³/mol. The van der Waals surface area contributed by atoms with Gasteiger partial charge in [-0.1, -0.05) is 53.4 Å². The average Bonchev–Trinajstić information content (AvgIpc) is 3.73. The van der Waals surface area contributed by atoms with Crippen molar-refractivity contribution in [3.8, 4) is 0 Å². The number of nitrogens with one attached hydrogen (secondary N) is 2. The van der Waals surface area contributed by atoms with Crippen LogP contribution < -0.4 is 88.7 Å². The molecule has 0 saturated heterocycles. The van der Waals surface area contributed by atoms with Crippen LogP contribution in [-0.2, 0) is 43.2 Å². The normalized spacial score (nSPS) is 13.5. The van der Waals surface area contributed by atoms with Crippen LogP contribution in [0.5, 0.6) is 0 Å². The van der Waals surface area contributed by atoms with Crippen LogP contribution in [0, 0.1) is 0 Å². The third-order valence-corrected chi connectivity index (χ3v) is 11.0. The van der Waals surface area contributed by atoms with Gasteiger partial charge in [0, 0.05) is 11.0 Å². The minimum Gasteiger partial charge on any atom is -0.744 e. The van der Waals surface area contributed by atoms with Gasteiger partial charge in [-0.05, 0) is 78.3 Å². The number of fused-ring (bicyclic) bond motifs is 10. The summed E-state index contributed by atoms with van der Waals surface area (Å²) in [5.74, 6) is 0. The first kappa shape index (κ1) is 46.5. The number of aromatic nitrogens is 4. The predicted octanol–water partition coefficient (Wildman–Crippen LogP) is -3.44. The monoisotopic (exact) mass is 784 g/mol. The van der Waals surface area contributed by atoms with Crippen LogP contribution in [0.2, 0.25) is 0 Å². The zero-order valence-electron chi connectivity index (χ0n) is 29.8. The molecule has 0 radical (unpaired) electrons. The van der Waals surface area contributed by atoms with Gasteiger partial charge >= 0.3 is 88.7 Å². The number of allylic oxidation sites excluding steroid dienone is 2. The van der Waals surface area contributed by atoms with Crippen molar-refractivity contribution >= 4 is 73.4 Å². The van der Waals surface area contributed by atoms with E-state index in [2.05, 4.69) is 19.9 Å². The molecule has 0 spiro atoms. The molecule has 51 heavy (non-hydrogen) atoms. The van der Waals surface area contributed by atoms with Crippen molar-refractivity contribution in [3.63, 3.8) is 0 Å². The molecular weight excluding hydrogens is 750 g/mol. The van der Waals surface area contributed by atoms with E-state index in [1.54, 1.807) is 26.0 Å². The summed E-state index contributed by atoms with van der Waals surface area (Å²) >= 11 is 0. The maximum absolute atomic E-state index is 12.8. The van der Waals surface area contributed by atoms with Gasteiger partial charge in [-0.15, -0.1) is 0 Å². The summed E-state index contributed by atoms with van der Waals surface area (Å²) in [6, 6.07) is 7.59. The molecule has 0 saturated carbocycles. The standard InChI is InChI=1S/C32H38N4O9S3.3Na/c1-5-9-18-17-26-27-30(46(37,38)39)19(10-6-2)23(34-27)15-16-25-21(12-8-4)32(48(43,44)45)29(36-25)28-31(47(40,41)42)20(11-7-3)24(35-28)14-13-22(18)33-26;;;/h13-17,33,36H,5-12H2,1-4H3,(H,37,38,39)(H,40,41,42)(H,43,44,45);;;/q;3*+1/p-3. The number of H-pyrrole nitrogens is 2. The zero-order valence-corrected chi connectivity index (χ0v) is 38.3. The summed E-state index contributed by atoms with van der Waals surface area (Å²) in [4.78, 5) is 13.2. The molecule has 13 nitrogen and oxygen atoms in total. The van der Waals surface area contributed by atoms with Crippen LogP contribution >= 0.6 is 0 Å². The molecule has 0 atom stereocenters. The number of rotatable bonds is 11. The Morgan fingerprint density at radius 1 is 0.569 bits per heavy atom. The van der Waals surface area contributed by atoms with Crippen LogP contribution in [0.4, 0.5) is 0 Å². The number of aromatic amines is 2. The largest absolute Gasteiger partial charge is 1.00 e. The third kappa shape index (κ3) is 9.59. The van der Waals surface area contributed by atoms with Gasteiger partial charge in [-0.25, -0.2) is 35.2 Å². The Morgan fingerprint density at radius 2 is 1.04 bits per heavy atom. The van der Waals surface area contributed by atoms with Crippen LogP contribution in [0.1, 0.15) is 100 Å². The second-order valence-corrected chi connectivity index (χ2v) is 15.6. The molecule has 0 aliphatic carbocycles. The van der Waals surface area contributed by atoms with Crippen LogP contribution in [0.3, 0.4) is 0 Å². The van der Waals surface area contributed by atoms with Gasteiger partial charge in [0.1, 0.15) is 41.7 Å². The molecule has 2 aliphatic rings. The van der Waals surface area contributed by atoms with Crippen LogP contribution in [0.25, 0.3) is 43.0 Å². The Bertz CT molecular complexity index is 2390. The van der Waals surface area contributed by atoms with E-state index < -0.39 is 56.3 Å². The van der Waals surface area contributed by atoms with Gasteiger partial charge in [0.15, 0.2) is 0 Å². The maximum Gasteiger partial charge on any atom is 1.00 e. The van der Waals surface area contributed by atoms with Gasteiger partial charge in [0.05, 0.1) is 37.1 Å². The molecule has 258 valence electrons. The summed E-state index contributed by atoms with van der Waals surface area (Å²) in [7, 11) is -15.5. The molecular formula is C32H35N4Na3O9S3. The Kier molecular flexibility index (Phi) is 16.7. The number of nitrogens with zero attached hydrogens (tertiary/aromatic N) is 2. The molecule has 0 unspecified atom stereocenters. The van der Waals surface area contributed by atoms with Gasteiger partial charge in [-0.3, -0.25) is 0 Å². The molecule has 0 fully saturated rings. The summed E-state index contributed by atoms with van der Waals surface area (Å²) in [6.45, 7) is 7.28. The van der Waals surface area contributed by atoms with Gasteiger partial charge in [0.25, 0.3) is 0 Å². The fourth-order valence-electron chi connectivity index (χ4n) is 6.36. The van der Waals surface area contributed by atoms with Crippen molar-refractivity contribution in [3.05, 3.63) is 64.2 Å². The van der Waals surface area contributed by atoms with E-state index in [4.69, 9.17) is 0 Å². The van der Waals surface area contributed by atoms with Crippen molar-refractivity contribution in [1.29, 1.82) is 0 Å². The maximum atomic E-state index is 12.8. The van der Waals surface area contributed by atoms with Crippen molar-refractivity contribution in [1.82, 2.24) is 19.9 Å². The number of hydrogen-bond acceptors (Lipinski definition) is 11. The fraction of sp³-hybridized carbons (Fsp3) is 0.375. The zero-order chi connectivity index (χ0) is 35.2. The quantitative estimate of drug-likeness (QED) is 0.144. The number of aryl methyl sites for hydroxylation is 2. The topological polar surface area (TPSA) is 229 Å². The summed E-state index contributed by atoms with van der Waals surface area (Å²) in [5.41, 5.74) is 1.12. The summed E-state index contributed by atoms with van der Waals surface area (Å²) in [6.07, 6.45) is 2.85. The summed E-state index contributed by atoms with van der Waals surface area (Å²) < 4.78 is 115. The Labute approximate surface area is 364 Å². The third-order valence-electron chi connectivity index (χ3n) is 8.16. The molecule has 3 aromatic heterocycles. The molecule has 0 aromatic carbocycles. The van der Waals surface area contributed by atoms with Crippen molar-refractivity contribution in [2.24, 2.45) is 0 Å². The Morgan fingerprint density at radius 3 is 1.51 bits per heavy atom. The second kappa shape index (κ2) is 18.3. The van der Waals surface area contributed by atoms with E-state index in [1.807, 2.05) is 13.8 Å². The fourth-order valence-corrected chi connectivity index (χ4v) is 9.06. The van der Waals surface area contributed by atoms with Crippen LogP contribution in [-0.4, -0.2) is 58.8 Å². The molecule has 5 rings (SSSR count). The van der Waals surface area contributed by atoms with E-state index in [-0.39, 0.29) is 153 Å². The molecule has 0 amide bonds. The molecule has 2 aliphatic heterocycles. The van der Waals surface area contributed by atoms with Gasteiger partial charge < -0.3 is 23.6 Å². The molecule has 3 aromatic rings. The molecule has 5 heterocycles. The Balaban J connectivity index is 0.00000300. The minimum absolute atomic E-state index is 0. The molecule has 8 bridgehead atoms. The first-order valence-corrected chi connectivity index (χ1v) is 19.9. The first-order valence-electron chi connectivity index (χ1n) is 15.6. The van der Waals surface area contributed by atoms with Gasteiger partial charge in [-0.2, -0.15) is 0 Å². The second-order valence-electron chi connectivity index (χ2n) is 11.7. The minimum atomic E-state index is -5.27. The van der Waals surface area contributed by atoms with Gasteiger partial charge in [0.2, 0.25) is 0 Å².